The lowest BCUT2D eigenvalue weighted by molar-refractivity contribution is -0.137. The van der Waals surface area contributed by atoms with Gasteiger partial charge in [-0.05, 0) is 29.8 Å². The van der Waals surface area contributed by atoms with Crippen LogP contribution >= 0.6 is 0 Å². The maximum Gasteiger partial charge on any atom is 0.417 e. The molecule has 0 fully saturated rings. The number of amides is 1. The van der Waals surface area contributed by atoms with Crippen molar-refractivity contribution >= 4 is 17.5 Å². The number of aromatic nitrogens is 3. The molecule has 0 radical (unpaired) electrons. The van der Waals surface area contributed by atoms with Crippen molar-refractivity contribution in [2.45, 2.75) is 6.18 Å². The zero-order valence-corrected chi connectivity index (χ0v) is 13.6. The summed E-state index contributed by atoms with van der Waals surface area (Å²) in [5.41, 5.74) is 5.40. The lowest BCUT2D eigenvalue weighted by Gasteiger charge is -2.14. The van der Waals surface area contributed by atoms with E-state index in [1.54, 1.807) is 7.05 Å². The quantitative estimate of drug-likeness (QED) is 0.749. The summed E-state index contributed by atoms with van der Waals surface area (Å²) >= 11 is 0. The van der Waals surface area contributed by atoms with Crippen LogP contribution in [0, 0.1) is 0 Å². The van der Waals surface area contributed by atoms with E-state index in [1.165, 1.54) is 47.3 Å². The molecule has 3 N–H and O–H groups in total. The Morgan fingerprint density at radius 3 is 2.46 bits per heavy atom. The van der Waals surface area contributed by atoms with E-state index in [-0.39, 0.29) is 22.8 Å². The summed E-state index contributed by atoms with van der Waals surface area (Å²) in [4.78, 5) is 16.1. The topological polar surface area (TPSA) is 85.8 Å². The Labute approximate surface area is 146 Å². The number of carbonyl (C=O) groups excluding carboxylic acids is 1. The number of halogens is 3. The molecule has 134 valence electrons. The molecule has 0 saturated carbocycles. The van der Waals surface area contributed by atoms with Crippen LogP contribution in [0.2, 0.25) is 0 Å². The van der Waals surface area contributed by atoms with Gasteiger partial charge >= 0.3 is 6.18 Å². The molecule has 0 aliphatic heterocycles. The summed E-state index contributed by atoms with van der Waals surface area (Å²) in [7, 11) is 1.61. The number of benzene rings is 1. The number of rotatable bonds is 3. The first-order chi connectivity index (χ1) is 12.3. The monoisotopic (exact) mass is 361 g/mol. The van der Waals surface area contributed by atoms with Crippen molar-refractivity contribution in [3.8, 4) is 11.1 Å². The first kappa shape index (κ1) is 17.5. The Hall–Kier alpha value is -3.36. The van der Waals surface area contributed by atoms with Gasteiger partial charge in [-0.2, -0.15) is 18.3 Å². The smallest absolute Gasteiger partial charge is 0.383 e. The molecule has 0 aliphatic rings. The molecule has 0 saturated heterocycles. The Kier molecular flexibility index (Phi) is 4.37. The average Bonchev–Trinajstić information content (AvgIpc) is 3.00. The highest BCUT2D eigenvalue weighted by Gasteiger charge is 2.33. The van der Waals surface area contributed by atoms with Gasteiger partial charge in [0.1, 0.15) is 17.3 Å². The van der Waals surface area contributed by atoms with Crippen LogP contribution in [0.25, 0.3) is 11.1 Å². The van der Waals surface area contributed by atoms with E-state index in [0.29, 0.717) is 5.69 Å². The number of nitrogens with zero attached hydrogens (tertiary/aromatic N) is 3. The number of carbonyl (C=O) groups is 1. The number of hydrogen-bond acceptors (Lipinski definition) is 4. The predicted molar refractivity (Wildman–Crippen MR) is 90.2 cm³/mol. The van der Waals surface area contributed by atoms with Crippen molar-refractivity contribution in [2.24, 2.45) is 7.05 Å². The molecule has 2 aromatic heterocycles. The minimum absolute atomic E-state index is 0.0745. The van der Waals surface area contributed by atoms with E-state index in [2.05, 4.69) is 15.4 Å². The normalized spacial score (nSPS) is 11.4. The number of nitrogens with two attached hydrogens (primary N) is 1. The Morgan fingerprint density at radius 1 is 1.12 bits per heavy atom. The molecular formula is C17H14F3N5O. The molecule has 0 aliphatic carbocycles. The molecule has 1 aromatic carbocycles. The molecule has 2 heterocycles. The third kappa shape index (κ3) is 3.37. The number of alkyl halides is 3. The van der Waals surface area contributed by atoms with Crippen LogP contribution in [0.4, 0.5) is 24.8 Å². The standard InChI is InChI=1S/C17H14F3N5O/c1-25-13(8-9-22-25)16(26)24-14-7-6-11(15(21)23-14)10-4-2-3-5-12(10)17(18,19)20/h2-9H,1H3,(H3,21,23,24,26). The van der Waals surface area contributed by atoms with Gasteiger partial charge in [-0.15, -0.1) is 0 Å². The van der Waals surface area contributed by atoms with E-state index in [4.69, 9.17) is 5.73 Å². The van der Waals surface area contributed by atoms with Gasteiger partial charge in [0.15, 0.2) is 0 Å². The van der Waals surface area contributed by atoms with E-state index < -0.39 is 17.6 Å². The Balaban J connectivity index is 1.92. The van der Waals surface area contributed by atoms with Crippen molar-refractivity contribution in [1.29, 1.82) is 0 Å². The Morgan fingerprint density at radius 2 is 1.85 bits per heavy atom. The van der Waals surface area contributed by atoms with E-state index in [9.17, 15) is 18.0 Å². The van der Waals surface area contributed by atoms with E-state index in [0.717, 1.165) is 6.07 Å². The van der Waals surface area contributed by atoms with Crippen LogP contribution in [0.1, 0.15) is 16.1 Å². The lowest BCUT2D eigenvalue weighted by Crippen LogP contribution is -2.17. The van der Waals surface area contributed by atoms with Crippen LogP contribution in [0.15, 0.2) is 48.7 Å². The van der Waals surface area contributed by atoms with Gasteiger partial charge in [0.05, 0.1) is 5.56 Å². The van der Waals surface area contributed by atoms with E-state index >= 15 is 0 Å². The first-order valence-corrected chi connectivity index (χ1v) is 7.50. The highest BCUT2D eigenvalue weighted by atomic mass is 19.4. The summed E-state index contributed by atoms with van der Waals surface area (Å²) in [6, 6.07) is 9.41. The minimum Gasteiger partial charge on any atom is -0.383 e. The van der Waals surface area contributed by atoms with Gasteiger partial charge < -0.3 is 11.1 Å². The fourth-order valence-electron chi connectivity index (χ4n) is 2.51. The summed E-state index contributed by atoms with van der Waals surface area (Å²) < 4.78 is 40.9. The fraction of sp³-hybridized carbons (Fsp3) is 0.118. The lowest BCUT2D eigenvalue weighted by atomic mass is 10.00. The largest absolute Gasteiger partial charge is 0.417 e. The van der Waals surface area contributed by atoms with Crippen LogP contribution < -0.4 is 11.1 Å². The highest BCUT2D eigenvalue weighted by Crippen LogP contribution is 2.38. The Bertz CT molecular complexity index is 965. The second-order valence-corrected chi connectivity index (χ2v) is 5.47. The van der Waals surface area contributed by atoms with Crippen LogP contribution in [0.3, 0.4) is 0 Å². The minimum atomic E-state index is -4.52. The predicted octanol–water partition coefficient (Wildman–Crippen LogP) is 3.34. The number of nitrogen functional groups attached to an aromatic ring is 1. The molecule has 0 unspecified atom stereocenters. The maximum absolute atomic E-state index is 13.2. The summed E-state index contributed by atoms with van der Waals surface area (Å²) in [6.07, 6.45) is -3.05. The highest BCUT2D eigenvalue weighted by molar-refractivity contribution is 6.02. The second kappa shape index (κ2) is 6.51. The molecule has 0 bridgehead atoms. The number of pyridine rings is 1. The summed E-state index contributed by atoms with van der Waals surface area (Å²) in [5, 5.41) is 6.42. The maximum atomic E-state index is 13.2. The van der Waals surface area contributed by atoms with Gasteiger partial charge in [-0.25, -0.2) is 4.98 Å². The molecule has 0 spiro atoms. The first-order valence-electron chi connectivity index (χ1n) is 7.50. The molecular weight excluding hydrogens is 347 g/mol. The van der Waals surface area contributed by atoms with Gasteiger partial charge in [0.2, 0.25) is 0 Å². The van der Waals surface area contributed by atoms with Crippen molar-refractivity contribution in [3.05, 3.63) is 59.9 Å². The van der Waals surface area contributed by atoms with Crippen molar-refractivity contribution < 1.29 is 18.0 Å². The van der Waals surface area contributed by atoms with Crippen LogP contribution in [-0.4, -0.2) is 20.7 Å². The van der Waals surface area contributed by atoms with Gasteiger partial charge in [-0.1, -0.05) is 18.2 Å². The van der Waals surface area contributed by atoms with Gasteiger partial charge in [-0.3, -0.25) is 9.48 Å². The molecule has 0 atom stereocenters. The summed E-state index contributed by atoms with van der Waals surface area (Å²) in [5.74, 6) is -0.452. The third-order valence-electron chi connectivity index (χ3n) is 3.74. The van der Waals surface area contributed by atoms with Crippen molar-refractivity contribution in [2.75, 3.05) is 11.1 Å². The van der Waals surface area contributed by atoms with E-state index in [1.807, 2.05) is 0 Å². The molecule has 26 heavy (non-hydrogen) atoms. The number of hydrogen-bond donors (Lipinski definition) is 2. The molecule has 9 heteroatoms. The number of aryl methyl sites for hydroxylation is 1. The average molecular weight is 361 g/mol. The zero-order chi connectivity index (χ0) is 18.9. The molecule has 3 rings (SSSR count). The SMILES string of the molecule is Cn1nccc1C(=O)Nc1ccc(-c2ccccc2C(F)(F)F)c(N)n1. The van der Waals surface area contributed by atoms with Gasteiger partial charge in [0.25, 0.3) is 5.91 Å². The number of nitrogens with one attached hydrogen (secondary N) is 1. The molecule has 6 nitrogen and oxygen atoms in total. The van der Waals surface area contributed by atoms with Crippen LogP contribution in [0.5, 0.6) is 0 Å². The van der Waals surface area contributed by atoms with Crippen molar-refractivity contribution in [1.82, 2.24) is 14.8 Å². The number of anilines is 2. The second-order valence-electron chi connectivity index (χ2n) is 5.47. The third-order valence-corrected chi connectivity index (χ3v) is 3.74. The summed E-state index contributed by atoms with van der Waals surface area (Å²) in [6.45, 7) is 0. The fourth-order valence-corrected chi connectivity index (χ4v) is 2.51. The molecule has 1 amide bonds. The van der Waals surface area contributed by atoms with Crippen molar-refractivity contribution in [3.63, 3.8) is 0 Å². The van der Waals surface area contributed by atoms with Crippen LogP contribution in [-0.2, 0) is 13.2 Å². The molecule has 3 aromatic rings. The van der Waals surface area contributed by atoms with Gasteiger partial charge in [0, 0.05) is 18.8 Å². The zero-order valence-electron chi connectivity index (χ0n) is 13.6.